The summed E-state index contributed by atoms with van der Waals surface area (Å²) in [6.45, 7) is 6.13. The number of hydrogen-bond donors (Lipinski definition) is 1. The van der Waals surface area contributed by atoms with Crippen LogP contribution in [-0.4, -0.2) is 10.7 Å². The molecule has 1 aromatic carbocycles. The molecule has 4 heteroatoms. The van der Waals surface area contributed by atoms with Crippen molar-refractivity contribution in [3.8, 4) is 11.5 Å². The molecule has 0 fully saturated rings. The maximum Gasteiger partial charge on any atom is 0.144 e. The van der Waals surface area contributed by atoms with Gasteiger partial charge in [0.25, 0.3) is 0 Å². The van der Waals surface area contributed by atoms with Gasteiger partial charge in [-0.15, -0.1) is 0 Å². The van der Waals surface area contributed by atoms with Gasteiger partial charge >= 0.3 is 0 Å². The number of halogens is 2. The van der Waals surface area contributed by atoms with Crippen LogP contribution < -0.4 is 4.74 Å². The Labute approximate surface area is 112 Å². The van der Waals surface area contributed by atoms with Crippen LogP contribution in [0.2, 0.25) is 0 Å². The first-order chi connectivity index (χ1) is 7.33. The number of phenolic OH excluding ortho intramolecular Hbond substituents is 1. The summed E-state index contributed by atoms with van der Waals surface area (Å²) in [5, 5.41) is 9.92. The first-order valence-corrected chi connectivity index (χ1v) is 6.80. The topological polar surface area (TPSA) is 29.5 Å². The van der Waals surface area contributed by atoms with E-state index in [0.717, 1.165) is 34.2 Å². The molecule has 0 spiro atoms. The lowest BCUT2D eigenvalue weighted by Crippen LogP contribution is -2.33. The average molecular weight is 350 g/mol. The summed E-state index contributed by atoms with van der Waals surface area (Å²) in [6, 6.07) is 0. The number of phenols is 1. The molecule has 1 aromatic rings. The zero-order chi connectivity index (χ0) is 12.1. The van der Waals surface area contributed by atoms with Gasteiger partial charge in [0, 0.05) is 11.1 Å². The van der Waals surface area contributed by atoms with E-state index in [2.05, 4.69) is 45.7 Å². The fourth-order valence-electron chi connectivity index (χ4n) is 1.96. The van der Waals surface area contributed by atoms with Crippen LogP contribution in [0.15, 0.2) is 8.95 Å². The van der Waals surface area contributed by atoms with Crippen molar-refractivity contribution >= 4 is 31.9 Å². The third kappa shape index (κ3) is 1.86. The predicted molar refractivity (Wildman–Crippen MR) is 71.3 cm³/mol. The van der Waals surface area contributed by atoms with Gasteiger partial charge in [-0.05, 0) is 65.5 Å². The van der Waals surface area contributed by atoms with E-state index < -0.39 is 0 Å². The first kappa shape index (κ1) is 12.2. The molecule has 0 amide bonds. The van der Waals surface area contributed by atoms with Gasteiger partial charge < -0.3 is 9.84 Å². The van der Waals surface area contributed by atoms with Crippen LogP contribution in [0.3, 0.4) is 0 Å². The second-order valence-electron chi connectivity index (χ2n) is 4.77. The van der Waals surface area contributed by atoms with E-state index in [4.69, 9.17) is 4.74 Å². The van der Waals surface area contributed by atoms with Crippen molar-refractivity contribution in [3.05, 3.63) is 20.1 Å². The van der Waals surface area contributed by atoms with E-state index in [0.29, 0.717) is 4.47 Å². The van der Waals surface area contributed by atoms with Crippen LogP contribution in [-0.2, 0) is 6.42 Å². The quantitative estimate of drug-likeness (QED) is 0.755. The van der Waals surface area contributed by atoms with Crippen molar-refractivity contribution < 1.29 is 9.84 Å². The van der Waals surface area contributed by atoms with Gasteiger partial charge in [0.15, 0.2) is 0 Å². The molecule has 1 N–H and O–H groups in total. The van der Waals surface area contributed by atoms with Crippen LogP contribution in [0, 0.1) is 6.92 Å². The zero-order valence-corrected chi connectivity index (χ0v) is 12.7. The standard InChI is InChI=1S/C12H14Br2O2/c1-6-8(13)10(15)9(14)7-4-5-12(2,3)16-11(6)7/h15H,4-5H2,1-3H3. The van der Waals surface area contributed by atoms with Crippen LogP contribution in [0.5, 0.6) is 11.5 Å². The highest BCUT2D eigenvalue weighted by atomic mass is 79.9. The van der Waals surface area contributed by atoms with Crippen molar-refractivity contribution in [1.29, 1.82) is 0 Å². The highest BCUT2D eigenvalue weighted by Crippen LogP contribution is 2.48. The first-order valence-electron chi connectivity index (χ1n) is 5.22. The van der Waals surface area contributed by atoms with E-state index >= 15 is 0 Å². The van der Waals surface area contributed by atoms with Gasteiger partial charge in [-0.2, -0.15) is 0 Å². The Bertz CT molecular complexity index is 453. The molecule has 0 radical (unpaired) electrons. The molecule has 0 atom stereocenters. The van der Waals surface area contributed by atoms with Crippen LogP contribution in [0.4, 0.5) is 0 Å². The van der Waals surface area contributed by atoms with Gasteiger partial charge in [-0.1, -0.05) is 0 Å². The van der Waals surface area contributed by atoms with Crippen LogP contribution >= 0.6 is 31.9 Å². The Kier molecular flexibility index (Phi) is 2.99. The van der Waals surface area contributed by atoms with Crippen molar-refractivity contribution in [3.63, 3.8) is 0 Å². The van der Waals surface area contributed by atoms with Gasteiger partial charge in [0.1, 0.15) is 17.1 Å². The normalized spacial score (nSPS) is 17.8. The summed E-state index contributed by atoms with van der Waals surface area (Å²) < 4.78 is 7.45. The molecule has 0 aliphatic carbocycles. The predicted octanol–water partition coefficient (Wildman–Crippen LogP) is 4.33. The minimum Gasteiger partial charge on any atom is -0.506 e. The Hall–Kier alpha value is -0.220. The smallest absolute Gasteiger partial charge is 0.144 e. The fraction of sp³-hybridized carbons (Fsp3) is 0.500. The summed E-state index contributed by atoms with van der Waals surface area (Å²) in [7, 11) is 0. The number of benzene rings is 1. The molecule has 0 saturated carbocycles. The molecule has 1 heterocycles. The minimum atomic E-state index is -0.131. The lowest BCUT2D eigenvalue weighted by Gasteiger charge is -2.34. The molecule has 16 heavy (non-hydrogen) atoms. The highest BCUT2D eigenvalue weighted by Gasteiger charge is 2.31. The molecule has 0 unspecified atom stereocenters. The number of fused-ring (bicyclic) bond motifs is 1. The molecule has 2 nitrogen and oxygen atoms in total. The molecular formula is C12H14Br2O2. The molecule has 0 aromatic heterocycles. The third-order valence-electron chi connectivity index (χ3n) is 2.98. The van der Waals surface area contributed by atoms with E-state index in [9.17, 15) is 5.11 Å². The molecule has 1 aliphatic rings. The molecule has 1 aliphatic heterocycles. The number of ether oxygens (including phenoxy) is 1. The molecule has 0 saturated heterocycles. The molecule has 0 bridgehead atoms. The third-order valence-corrected chi connectivity index (χ3v) is 4.80. The number of aromatic hydroxyl groups is 1. The number of hydrogen-bond acceptors (Lipinski definition) is 2. The lowest BCUT2D eigenvalue weighted by molar-refractivity contribution is 0.0831. The summed E-state index contributed by atoms with van der Waals surface area (Å²) in [6.07, 6.45) is 1.88. The lowest BCUT2D eigenvalue weighted by atomic mass is 9.93. The Morgan fingerprint density at radius 3 is 2.50 bits per heavy atom. The summed E-state index contributed by atoms with van der Waals surface area (Å²) >= 11 is 6.82. The van der Waals surface area contributed by atoms with E-state index in [-0.39, 0.29) is 11.4 Å². The van der Waals surface area contributed by atoms with Crippen molar-refractivity contribution in [2.45, 2.75) is 39.2 Å². The van der Waals surface area contributed by atoms with Crippen molar-refractivity contribution in [2.24, 2.45) is 0 Å². The Morgan fingerprint density at radius 1 is 1.25 bits per heavy atom. The SMILES string of the molecule is Cc1c(Br)c(O)c(Br)c2c1OC(C)(C)CC2. The molecular weight excluding hydrogens is 336 g/mol. The summed E-state index contributed by atoms with van der Waals surface area (Å²) in [5.41, 5.74) is 1.90. The van der Waals surface area contributed by atoms with Crippen LogP contribution in [0.1, 0.15) is 31.4 Å². The van der Waals surface area contributed by atoms with Gasteiger partial charge in [-0.3, -0.25) is 0 Å². The fourth-order valence-corrected chi connectivity index (χ4v) is 3.18. The maximum atomic E-state index is 9.92. The average Bonchev–Trinajstić information content (AvgIpc) is 2.22. The maximum absolute atomic E-state index is 9.92. The minimum absolute atomic E-state index is 0.131. The Balaban J connectivity index is 2.65. The second kappa shape index (κ2) is 3.91. The van der Waals surface area contributed by atoms with Gasteiger partial charge in [-0.25, -0.2) is 0 Å². The largest absolute Gasteiger partial charge is 0.506 e. The zero-order valence-electron chi connectivity index (χ0n) is 9.53. The summed E-state index contributed by atoms with van der Waals surface area (Å²) in [4.78, 5) is 0. The second-order valence-corrected chi connectivity index (χ2v) is 6.36. The van der Waals surface area contributed by atoms with E-state index in [1.165, 1.54) is 0 Å². The Morgan fingerprint density at radius 2 is 1.88 bits per heavy atom. The summed E-state index contributed by atoms with van der Waals surface area (Å²) in [5.74, 6) is 1.16. The van der Waals surface area contributed by atoms with E-state index in [1.807, 2.05) is 6.92 Å². The molecule has 88 valence electrons. The molecule has 2 rings (SSSR count). The highest BCUT2D eigenvalue weighted by molar-refractivity contribution is 9.11. The van der Waals surface area contributed by atoms with E-state index in [1.54, 1.807) is 0 Å². The number of rotatable bonds is 0. The van der Waals surface area contributed by atoms with Crippen LogP contribution in [0.25, 0.3) is 0 Å². The van der Waals surface area contributed by atoms with Crippen molar-refractivity contribution in [1.82, 2.24) is 0 Å². The van der Waals surface area contributed by atoms with Crippen molar-refractivity contribution in [2.75, 3.05) is 0 Å². The van der Waals surface area contributed by atoms with Gasteiger partial charge in [0.05, 0.1) is 8.95 Å². The van der Waals surface area contributed by atoms with Gasteiger partial charge in [0.2, 0.25) is 0 Å². The monoisotopic (exact) mass is 348 g/mol.